The Balaban J connectivity index is 1.84. The van der Waals surface area contributed by atoms with Gasteiger partial charge in [0.05, 0.1) is 26.9 Å². The standard InChI is InChI=1S/C20H30N2O5S/c1-15-6-5-9-22(14-15)28(23,24)21-10-7-16(8-11-21)20-18(26-3)12-17(25-2)13-19(20)27-4/h7,12-13,15H,5-6,8-11,14H2,1-4H3/t15-/m0/s1. The lowest BCUT2D eigenvalue weighted by Crippen LogP contribution is -2.48. The third-order valence-electron chi connectivity index (χ3n) is 5.48. The van der Waals surface area contributed by atoms with Crippen LogP contribution in [0.25, 0.3) is 5.57 Å². The molecule has 2 aliphatic heterocycles. The molecule has 0 saturated carbocycles. The number of rotatable bonds is 6. The summed E-state index contributed by atoms with van der Waals surface area (Å²) < 4.78 is 45.6. The fourth-order valence-corrected chi connectivity index (χ4v) is 5.64. The first kappa shape index (κ1) is 21.0. The van der Waals surface area contributed by atoms with Gasteiger partial charge in [-0.1, -0.05) is 13.0 Å². The summed E-state index contributed by atoms with van der Waals surface area (Å²) in [6, 6.07) is 3.63. The van der Waals surface area contributed by atoms with Crippen LogP contribution >= 0.6 is 0 Å². The first-order valence-electron chi connectivity index (χ1n) is 9.65. The molecule has 0 radical (unpaired) electrons. The number of hydrogen-bond acceptors (Lipinski definition) is 5. The predicted molar refractivity (Wildman–Crippen MR) is 109 cm³/mol. The molecule has 2 aliphatic rings. The van der Waals surface area contributed by atoms with E-state index in [0.717, 1.165) is 24.0 Å². The predicted octanol–water partition coefficient (Wildman–Crippen LogP) is 2.78. The highest BCUT2D eigenvalue weighted by molar-refractivity contribution is 7.86. The van der Waals surface area contributed by atoms with E-state index in [9.17, 15) is 8.42 Å². The molecule has 0 aliphatic carbocycles. The van der Waals surface area contributed by atoms with E-state index in [1.54, 1.807) is 29.9 Å². The Labute approximate surface area is 168 Å². The highest BCUT2D eigenvalue weighted by atomic mass is 32.2. The third kappa shape index (κ3) is 4.14. The third-order valence-corrected chi connectivity index (χ3v) is 7.45. The quantitative estimate of drug-likeness (QED) is 0.721. The second-order valence-corrected chi connectivity index (χ2v) is 9.29. The van der Waals surface area contributed by atoms with Gasteiger partial charge in [0.15, 0.2) is 0 Å². The van der Waals surface area contributed by atoms with Crippen molar-refractivity contribution in [2.45, 2.75) is 26.2 Å². The molecule has 156 valence electrons. The average molecular weight is 411 g/mol. The fraction of sp³-hybridized carbons (Fsp3) is 0.600. The van der Waals surface area contributed by atoms with Crippen LogP contribution in [0.1, 0.15) is 31.7 Å². The van der Waals surface area contributed by atoms with Crippen LogP contribution in [0.15, 0.2) is 18.2 Å². The molecule has 28 heavy (non-hydrogen) atoms. The van der Waals surface area contributed by atoms with Crippen LogP contribution in [0.5, 0.6) is 17.2 Å². The van der Waals surface area contributed by atoms with Crippen molar-refractivity contribution in [3.8, 4) is 17.2 Å². The van der Waals surface area contributed by atoms with Crippen LogP contribution in [0.2, 0.25) is 0 Å². The van der Waals surface area contributed by atoms with Crippen molar-refractivity contribution in [2.75, 3.05) is 47.5 Å². The smallest absolute Gasteiger partial charge is 0.282 e. The van der Waals surface area contributed by atoms with Crippen LogP contribution in [0.3, 0.4) is 0 Å². The number of hydrogen-bond donors (Lipinski definition) is 0. The summed E-state index contributed by atoms with van der Waals surface area (Å²) in [5.74, 6) is 2.37. The maximum Gasteiger partial charge on any atom is 0.282 e. The molecule has 0 aromatic heterocycles. The molecule has 0 unspecified atom stereocenters. The SMILES string of the molecule is COc1cc(OC)c(C2=CCN(S(=O)(=O)N3CCC[C@H](C)C3)CC2)c(OC)c1. The largest absolute Gasteiger partial charge is 0.496 e. The van der Waals surface area contributed by atoms with E-state index in [2.05, 4.69) is 6.92 Å². The highest BCUT2D eigenvalue weighted by Crippen LogP contribution is 2.41. The molecule has 3 rings (SSSR count). The fourth-order valence-electron chi connectivity index (χ4n) is 3.93. The number of benzene rings is 1. The summed E-state index contributed by atoms with van der Waals surface area (Å²) in [4.78, 5) is 0. The lowest BCUT2D eigenvalue weighted by molar-refractivity contribution is 0.260. The van der Waals surface area contributed by atoms with Crippen LogP contribution < -0.4 is 14.2 Å². The van der Waals surface area contributed by atoms with Gasteiger partial charge < -0.3 is 14.2 Å². The molecule has 0 amide bonds. The summed E-state index contributed by atoms with van der Waals surface area (Å²) in [7, 11) is 1.38. The van der Waals surface area contributed by atoms with E-state index in [1.165, 1.54) is 0 Å². The molecule has 7 nitrogen and oxygen atoms in total. The van der Waals surface area contributed by atoms with Crippen LogP contribution in [-0.4, -0.2) is 64.5 Å². The van der Waals surface area contributed by atoms with Crippen molar-refractivity contribution in [3.63, 3.8) is 0 Å². The van der Waals surface area contributed by atoms with Crippen molar-refractivity contribution >= 4 is 15.8 Å². The first-order chi connectivity index (χ1) is 13.4. The Morgan fingerprint density at radius 2 is 1.68 bits per heavy atom. The summed E-state index contributed by atoms with van der Waals surface area (Å²) >= 11 is 0. The normalized spacial score (nSPS) is 21.9. The monoisotopic (exact) mass is 410 g/mol. The number of ether oxygens (including phenoxy) is 3. The topological polar surface area (TPSA) is 68.3 Å². The van der Waals surface area contributed by atoms with Crippen molar-refractivity contribution in [3.05, 3.63) is 23.8 Å². The van der Waals surface area contributed by atoms with Gasteiger partial charge in [0.25, 0.3) is 10.2 Å². The number of piperidine rings is 1. The Bertz CT molecular complexity index is 812. The van der Waals surface area contributed by atoms with E-state index in [4.69, 9.17) is 14.2 Å². The lowest BCUT2D eigenvalue weighted by atomic mass is 9.98. The summed E-state index contributed by atoms with van der Waals surface area (Å²) in [5, 5.41) is 0. The van der Waals surface area contributed by atoms with Gasteiger partial charge >= 0.3 is 0 Å². The zero-order valence-corrected chi connectivity index (χ0v) is 17.9. The number of nitrogens with zero attached hydrogens (tertiary/aromatic N) is 2. The second-order valence-electron chi connectivity index (χ2n) is 7.36. The Morgan fingerprint density at radius 3 is 2.18 bits per heavy atom. The molecule has 0 N–H and O–H groups in total. The molecule has 1 aromatic carbocycles. The summed E-state index contributed by atoms with van der Waals surface area (Å²) in [6.07, 6.45) is 4.58. The molecular weight excluding hydrogens is 380 g/mol. The van der Waals surface area contributed by atoms with E-state index < -0.39 is 10.2 Å². The molecule has 2 heterocycles. The van der Waals surface area contributed by atoms with Crippen molar-refractivity contribution in [2.24, 2.45) is 5.92 Å². The summed E-state index contributed by atoms with van der Waals surface area (Å²) in [6.45, 7) is 4.12. The maximum atomic E-state index is 13.0. The van der Waals surface area contributed by atoms with Crippen molar-refractivity contribution in [1.82, 2.24) is 8.61 Å². The molecular formula is C20H30N2O5S. The van der Waals surface area contributed by atoms with Crippen molar-refractivity contribution < 1.29 is 22.6 Å². The minimum Gasteiger partial charge on any atom is -0.496 e. The second kappa shape index (κ2) is 8.71. The molecule has 0 spiro atoms. The highest BCUT2D eigenvalue weighted by Gasteiger charge is 2.34. The molecule has 1 fully saturated rings. The average Bonchev–Trinajstić information content (AvgIpc) is 2.72. The van der Waals surface area contributed by atoms with Gasteiger partial charge in [-0.3, -0.25) is 0 Å². The van der Waals surface area contributed by atoms with E-state index in [-0.39, 0.29) is 0 Å². The minimum atomic E-state index is -3.43. The van der Waals surface area contributed by atoms with Gasteiger partial charge in [-0.25, -0.2) is 0 Å². The Morgan fingerprint density at radius 1 is 1.00 bits per heavy atom. The van der Waals surface area contributed by atoms with Crippen LogP contribution in [-0.2, 0) is 10.2 Å². The lowest BCUT2D eigenvalue weighted by Gasteiger charge is -2.35. The van der Waals surface area contributed by atoms with Crippen LogP contribution in [0, 0.1) is 5.92 Å². The number of methoxy groups -OCH3 is 3. The molecule has 1 saturated heterocycles. The van der Waals surface area contributed by atoms with Gasteiger partial charge in [0, 0.05) is 38.3 Å². The molecule has 8 heteroatoms. The van der Waals surface area contributed by atoms with Gasteiger partial charge in [-0.2, -0.15) is 17.0 Å². The van der Waals surface area contributed by atoms with E-state index >= 15 is 0 Å². The molecule has 1 aromatic rings. The van der Waals surface area contributed by atoms with Gasteiger partial charge in [-0.05, 0) is 30.8 Å². The van der Waals surface area contributed by atoms with Crippen molar-refractivity contribution in [1.29, 1.82) is 0 Å². The van der Waals surface area contributed by atoms with Crippen LogP contribution in [0.4, 0.5) is 0 Å². The zero-order valence-electron chi connectivity index (χ0n) is 17.1. The molecule has 1 atom stereocenters. The Kier molecular flexibility index (Phi) is 6.52. The van der Waals surface area contributed by atoms with E-state index in [1.807, 2.05) is 18.2 Å². The summed E-state index contributed by atoms with van der Waals surface area (Å²) in [5.41, 5.74) is 1.88. The minimum absolute atomic E-state index is 0.348. The first-order valence-corrected chi connectivity index (χ1v) is 11.0. The zero-order chi connectivity index (χ0) is 20.3. The van der Waals surface area contributed by atoms with Gasteiger partial charge in [0.2, 0.25) is 0 Å². The van der Waals surface area contributed by atoms with Gasteiger partial charge in [0.1, 0.15) is 17.2 Å². The van der Waals surface area contributed by atoms with Gasteiger partial charge in [-0.15, -0.1) is 0 Å². The van der Waals surface area contributed by atoms with E-state index in [0.29, 0.717) is 55.8 Å². The maximum absolute atomic E-state index is 13.0. The Hall–Kier alpha value is -1.77. The molecule has 0 bridgehead atoms.